The molecule has 0 aromatic heterocycles. The van der Waals surface area contributed by atoms with Gasteiger partial charge in [-0.2, -0.15) is 0 Å². The Kier molecular flexibility index (Phi) is 6.94. The first kappa shape index (κ1) is 19.2. The van der Waals surface area contributed by atoms with Crippen LogP contribution >= 0.6 is 0 Å². The lowest BCUT2D eigenvalue weighted by Crippen LogP contribution is -2.57. The zero-order valence-electron chi connectivity index (χ0n) is 16.6. The molecule has 3 nitrogen and oxygen atoms in total. The summed E-state index contributed by atoms with van der Waals surface area (Å²) in [5.74, 6) is 2.65. The summed E-state index contributed by atoms with van der Waals surface area (Å²) in [4.78, 5) is 8.00. The van der Waals surface area contributed by atoms with Crippen molar-refractivity contribution < 1.29 is 0 Å². The van der Waals surface area contributed by atoms with Crippen LogP contribution < -0.4 is 0 Å². The summed E-state index contributed by atoms with van der Waals surface area (Å²) in [6.45, 7) is 24.5. The molecule has 0 saturated carbocycles. The van der Waals surface area contributed by atoms with E-state index in [1.165, 1.54) is 65.2 Å². The second-order valence-electron chi connectivity index (χ2n) is 9.45. The van der Waals surface area contributed by atoms with Gasteiger partial charge in [-0.05, 0) is 57.9 Å². The molecule has 0 N–H and O–H groups in total. The smallest absolute Gasteiger partial charge is 0.0126 e. The molecule has 2 heterocycles. The SMILES string of the molecule is CC(C)[C@H](C)CCCN1CC(CN2CCN(C(C)(C)C)CC2)C1. The standard InChI is InChI=1S/C20H41N3/c1-17(2)18(3)8-7-9-22-15-19(16-22)14-21-10-12-23(13-11-21)20(4,5)6/h17-19H,7-16H2,1-6H3/t18-/m1/s1. The van der Waals surface area contributed by atoms with Crippen LogP contribution in [-0.4, -0.2) is 72.6 Å². The molecule has 0 bridgehead atoms. The zero-order chi connectivity index (χ0) is 17.0. The van der Waals surface area contributed by atoms with Gasteiger partial charge in [0, 0.05) is 51.4 Å². The van der Waals surface area contributed by atoms with Gasteiger partial charge >= 0.3 is 0 Å². The molecule has 0 radical (unpaired) electrons. The Morgan fingerprint density at radius 3 is 2.04 bits per heavy atom. The highest BCUT2D eigenvalue weighted by Crippen LogP contribution is 2.22. The van der Waals surface area contributed by atoms with Gasteiger partial charge in [0.05, 0.1) is 0 Å². The van der Waals surface area contributed by atoms with E-state index in [1.807, 2.05) is 0 Å². The molecule has 23 heavy (non-hydrogen) atoms. The molecular formula is C20H41N3. The summed E-state index contributed by atoms with van der Waals surface area (Å²) >= 11 is 0. The molecule has 0 aliphatic carbocycles. The Hall–Kier alpha value is -0.120. The van der Waals surface area contributed by atoms with Crippen molar-refractivity contribution in [2.45, 2.75) is 59.9 Å². The predicted molar refractivity (Wildman–Crippen MR) is 101 cm³/mol. The maximum absolute atomic E-state index is 2.70. The second kappa shape index (κ2) is 8.31. The van der Waals surface area contributed by atoms with Crippen molar-refractivity contribution >= 4 is 0 Å². The van der Waals surface area contributed by atoms with Gasteiger partial charge in [0.2, 0.25) is 0 Å². The van der Waals surface area contributed by atoms with Crippen molar-refractivity contribution in [2.24, 2.45) is 17.8 Å². The van der Waals surface area contributed by atoms with E-state index in [4.69, 9.17) is 0 Å². The highest BCUT2D eigenvalue weighted by molar-refractivity contribution is 4.86. The predicted octanol–water partition coefficient (Wildman–Crippen LogP) is 3.41. The van der Waals surface area contributed by atoms with Gasteiger partial charge in [-0.25, -0.2) is 0 Å². The largest absolute Gasteiger partial charge is 0.303 e. The van der Waals surface area contributed by atoms with E-state index >= 15 is 0 Å². The summed E-state index contributed by atoms with van der Waals surface area (Å²) in [5, 5.41) is 0. The Morgan fingerprint density at radius 2 is 1.52 bits per heavy atom. The number of likely N-dealkylation sites (tertiary alicyclic amines) is 1. The van der Waals surface area contributed by atoms with Gasteiger partial charge in [-0.1, -0.05) is 20.8 Å². The van der Waals surface area contributed by atoms with Crippen LogP contribution in [0.25, 0.3) is 0 Å². The van der Waals surface area contributed by atoms with Crippen LogP contribution in [0.5, 0.6) is 0 Å². The van der Waals surface area contributed by atoms with Crippen LogP contribution in [0.15, 0.2) is 0 Å². The van der Waals surface area contributed by atoms with E-state index in [-0.39, 0.29) is 0 Å². The lowest BCUT2D eigenvalue weighted by Gasteiger charge is -2.46. The molecular weight excluding hydrogens is 282 g/mol. The molecule has 2 aliphatic rings. The maximum Gasteiger partial charge on any atom is 0.0126 e. The van der Waals surface area contributed by atoms with Crippen LogP contribution in [0.2, 0.25) is 0 Å². The summed E-state index contributed by atoms with van der Waals surface area (Å²) in [6.07, 6.45) is 2.78. The van der Waals surface area contributed by atoms with Gasteiger partial charge in [0.1, 0.15) is 0 Å². The monoisotopic (exact) mass is 323 g/mol. The van der Waals surface area contributed by atoms with Crippen LogP contribution in [0.3, 0.4) is 0 Å². The van der Waals surface area contributed by atoms with E-state index in [9.17, 15) is 0 Å². The van der Waals surface area contributed by atoms with Crippen LogP contribution in [0.4, 0.5) is 0 Å². The van der Waals surface area contributed by atoms with E-state index in [0.717, 1.165) is 17.8 Å². The fraction of sp³-hybridized carbons (Fsp3) is 1.00. The molecule has 2 rings (SSSR count). The van der Waals surface area contributed by atoms with Crippen molar-refractivity contribution in [3.8, 4) is 0 Å². The minimum atomic E-state index is 0.340. The first-order chi connectivity index (χ1) is 10.8. The van der Waals surface area contributed by atoms with E-state index in [0.29, 0.717) is 5.54 Å². The fourth-order valence-corrected chi connectivity index (χ4v) is 3.91. The molecule has 0 aromatic carbocycles. The lowest BCUT2D eigenvalue weighted by atomic mass is 9.92. The Balaban J connectivity index is 1.53. The average Bonchev–Trinajstić information content (AvgIpc) is 2.43. The Labute approximate surface area is 145 Å². The molecule has 2 fully saturated rings. The Morgan fingerprint density at radius 1 is 0.913 bits per heavy atom. The van der Waals surface area contributed by atoms with E-state index < -0.39 is 0 Å². The molecule has 2 saturated heterocycles. The zero-order valence-corrected chi connectivity index (χ0v) is 16.6. The normalized spacial score (nSPS) is 24.1. The van der Waals surface area contributed by atoms with Gasteiger partial charge < -0.3 is 9.80 Å². The summed E-state index contributed by atoms with van der Waals surface area (Å²) in [6, 6.07) is 0. The summed E-state index contributed by atoms with van der Waals surface area (Å²) in [7, 11) is 0. The van der Waals surface area contributed by atoms with Gasteiger partial charge in [-0.3, -0.25) is 4.90 Å². The molecule has 3 heteroatoms. The molecule has 0 aromatic rings. The highest BCUT2D eigenvalue weighted by atomic mass is 15.3. The number of hydrogen-bond donors (Lipinski definition) is 0. The van der Waals surface area contributed by atoms with Crippen molar-refractivity contribution in [3.63, 3.8) is 0 Å². The van der Waals surface area contributed by atoms with Crippen molar-refractivity contribution in [3.05, 3.63) is 0 Å². The average molecular weight is 324 g/mol. The first-order valence-corrected chi connectivity index (χ1v) is 9.95. The van der Waals surface area contributed by atoms with E-state index in [2.05, 4.69) is 56.2 Å². The number of hydrogen-bond acceptors (Lipinski definition) is 3. The first-order valence-electron chi connectivity index (χ1n) is 9.95. The third kappa shape index (κ3) is 6.03. The highest BCUT2D eigenvalue weighted by Gasteiger charge is 2.31. The van der Waals surface area contributed by atoms with Crippen LogP contribution in [-0.2, 0) is 0 Å². The van der Waals surface area contributed by atoms with E-state index in [1.54, 1.807) is 0 Å². The van der Waals surface area contributed by atoms with Gasteiger partial charge in [0.15, 0.2) is 0 Å². The quantitative estimate of drug-likeness (QED) is 0.711. The van der Waals surface area contributed by atoms with Crippen molar-refractivity contribution in [1.29, 1.82) is 0 Å². The topological polar surface area (TPSA) is 9.72 Å². The van der Waals surface area contributed by atoms with Gasteiger partial charge in [0.25, 0.3) is 0 Å². The molecule has 0 unspecified atom stereocenters. The molecule has 136 valence electrons. The number of rotatable bonds is 7. The van der Waals surface area contributed by atoms with Crippen LogP contribution in [0.1, 0.15) is 54.4 Å². The van der Waals surface area contributed by atoms with Gasteiger partial charge in [-0.15, -0.1) is 0 Å². The molecule has 2 aliphatic heterocycles. The third-order valence-corrected chi connectivity index (χ3v) is 6.14. The summed E-state index contributed by atoms with van der Waals surface area (Å²) < 4.78 is 0. The second-order valence-corrected chi connectivity index (χ2v) is 9.45. The Bertz CT molecular complexity index is 333. The lowest BCUT2D eigenvalue weighted by molar-refractivity contribution is 0.0235. The molecule has 0 spiro atoms. The summed E-state index contributed by atoms with van der Waals surface area (Å²) in [5.41, 5.74) is 0.340. The molecule has 1 atom stereocenters. The minimum absolute atomic E-state index is 0.340. The third-order valence-electron chi connectivity index (χ3n) is 6.14. The maximum atomic E-state index is 2.70. The van der Waals surface area contributed by atoms with Crippen molar-refractivity contribution in [2.75, 3.05) is 52.4 Å². The molecule has 0 amide bonds. The van der Waals surface area contributed by atoms with Crippen molar-refractivity contribution in [1.82, 2.24) is 14.7 Å². The fourth-order valence-electron chi connectivity index (χ4n) is 3.91. The number of nitrogens with zero attached hydrogens (tertiary/aromatic N) is 3. The minimum Gasteiger partial charge on any atom is -0.303 e. The number of piperazine rings is 1. The van der Waals surface area contributed by atoms with Crippen LogP contribution in [0, 0.1) is 17.8 Å².